The Bertz CT molecular complexity index is 792. The predicted molar refractivity (Wildman–Crippen MR) is 93.0 cm³/mol. The number of aromatic nitrogens is 1. The number of carbonyl (C=O) groups is 2. The zero-order valence-electron chi connectivity index (χ0n) is 14.0. The fourth-order valence-electron chi connectivity index (χ4n) is 2.75. The van der Waals surface area contributed by atoms with Crippen molar-refractivity contribution in [3.05, 3.63) is 41.1 Å². The van der Waals surface area contributed by atoms with E-state index in [0.717, 1.165) is 5.56 Å². The molecule has 1 saturated heterocycles. The van der Waals surface area contributed by atoms with Gasteiger partial charge in [-0.1, -0.05) is 35.0 Å². The summed E-state index contributed by atoms with van der Waals surface area (Å²) in [5, 5.41) is 7.33. The molecule has 1 fully saturated rings. The molecule has 0 saturated carbocycles. The van der Waals surface area contributed by atoms with Crippen LogP contribution in [0.15, 0.2) is 34.9 Å². The Kier molecular flexibility index (Phi) is 4.94. The molecule has 2 aromatic rings. The van der Waals surface area contributed by atoms with Crippen LogP contribution in [0, 0.1) is 0 Å². The van der Waals surface area contributed by atoms with E-state index in [1.54, 1.807) is 31.0 Å². The molecular weight excluding hydrogens is 344 g/mol. The molecule has 2 heterocycles. The summed E-state index contributed by atoms with van der Waals surface area (Å²) in [6, 6.07) is 8.28. The number of nitrogens with zero attached hydrogens (tertiary/aromatic N) is 3. The summed E-state index contributed by atoms with van der Waals surface area (Å²) in [5.74, 6) is 0.443. The first-order valence-electron chi connectivity index (χ1n) is 7.97. The van der Waals surface area contributed by atoms with E-state index in [1.165, 1.54) is 4.90 Å². The number of benzene rings is 1. The largest absolute Gasteiger partial charge is 0.359 e. The molecule has 8 heteroatoms. The average molecular weight is 363 g/mol. The smallest absolute Gasteiger partial charge is 0.318 e. The third-order valence-electron chi connectivity index (χ3n) is 4.26. The van der Waals surface area contributed by atoms with Crippen LogP contribution < -0.4 is 5.32 Å². The fourth-order valence-corrected chi connectivity index (χ4v) is 2.98. The number of hydrogen-bond donors (Lipinski definition) is 1. The van der Waals surface area contributed by atoms with Crippen molar-refractivity contribution < 1.29 is 14.1 Å². The quantitative estimate of drug-likeness (QED) is 0.909. The highest BCUT2D eigenvalue weighted by atomic mass is 35.5. The second kappa shape index (κ2) is 7.14. The van der Waals surface area contributed by atoms with Crippen LogP contribution in [0.5, 0.6) is 0 Å². The van der Waals surface area contributed by atoms with E-state index in [9.17, 15) is 9.59 Å². The monoisotopic (exact) mass is 362 g/mol. The van der Waals surface area contributed by atoms with Crippen molar-refractivity contribution in [1.29, 1.82) is 0 Å². The van der Waals surface area contributed by atoms with E-state index in [0.29, 0.717) is 29.6 Å². The first-order chi connectivity index (χ1) is 12.0. The van der Waals surface area contributed by atoms with Crippen molar-refractivity contribution in [3.63, 3.8) is 0 Å². The van der Waals surface area contributed by atoms with Gasteiger partial charge in [-0.2, -0.15) is 0 Å². The maximum absolute atomic E-state index is 12.3. The molecule has 1 atom stereocenters. The SMILES string of the molecule is C[C@H]1C(=O)N(C)CCN1C(=O)NCc1cc(-c2ccccc2Cl)no1. The Balaban J connectivity index is 1.62. The van der Waals surface area contributed by atoms with E-state index in [1.807, 2.05) is 18.2 Å². The van der Waals surface area contributed by atoms with Gasteiger partial charge in [-0.3, -0.25) is 4.79 Å². The van der Waals surface area contributed by atoms with Gasteiger partial charge in [-0.15, -0.1) is 0 Å². The fraction of sp³-hybridized carbons (Fsp3) is 0.353. The summed E-state index contributed by atoms with van der Waals surface area (Å²) in [6.45, 7) is 2.93. The van der Waals surface area contributed by atoms with Crippen LogP contribution in [-0.2, 0) is 11.3 Å². The minimum absolute atomic E-state index is 0.0675. The van der Waals surface area contributed by atoms with Crippen LogP contribution in [0.3, 0.4) is 0 Å². The van der Waals surface area contributed by atoms with Gasteiger partial charge in [0, 0.05) is 31.8 Å². The number of piperazine rings is 1. The second-order valence-electron chi connectivity index (χ2n) is 5.95. The van der Waals surface area contributed by atoms with E-state index in [2.05, 4.69) is 10.5 Å². The standard InChI is InChI=1S/C17H19ClN4O3/c1-11-16(23)21(2)7-8-22(11)17(24)19-10-12-9-15(20-25-12)13-5-3-4-6-14(13)18/h3-6,9,11H,7-8,10H2,1-2H3,(H,19,24)/t11-/m0/s1. The Labute approximate surface area is 150 Å². The summed E-state index contributed by atoms with van der Waals surface area (Å²) in [6.07, 6.45) is 0. The summed E-state index contributed by atoms with van der Waals surface area (Å²) in [7, 11) is 1.73. The van der Waals surface area contributed by atoms with Gasteiger partial charge in [0.15, 0.2) is 5.76 Å². The zero-order chi connectivity index (χ0) is 18.0. The van der Waals surface area contributed by atoms with Gasteiger partial charge >= 0.3 is 6.03 Å². The summed E-state index contributed by atoms with van der Waals surface area (Å²) in [5.41, 5.74) is 1.38. The number of rotatable bonds is 3. The highest BCUT2D eigenvalue weighted by Crippen LogP contribution is 2.26. The molecule has 0 aliphatic carbocycles. The lowest BCUT2D eigenvalue weighted by Gasteiger charge is -2.37. The Morgan fingerprint density at radius 2 is 2.16 bits per heavy atom. The molecule has 7 nitrogen and oxygen atoms in total. The molecular formula is C17H19ClN4O3. The minimum Gasteiger partial charge on any atom is -0.359 e. The van der Waals surface area contributed by atoms with Gasteiger partial charge in [0.1, 0.15) is 11.7 Å². The first-order valence-corrected chi connectivity index (χ1v) is 8.35. The molecule has 3 rings (SSSR count). The molecule has 0 spiro atoms. The normalized spacial score (nSPS) is 17.7. The van der Waals surface area contributed by atoms with E-state index < -0.39 is 6.04 Å². The molecule has 132 valence electrons. The first kappa shape index (κ1) is 17.3. The van der Waals surface area contributed by atoms with Crippen molar-refractivity contribution in [2.75, 3.05) is 20.1 Å². The Morgan fingerprint density at radius 1 is 1.40 bits per heavy atom. The molecule has 0 bridgehead atoms. The summed E-state index contributed by atoms with van der Waals surface area (Å²) < 4.78 is 5.26. The van der Waals surface area contributed by atoms with Crippen molar-refractivity contribution in [3.8, 4) is 11.3 Å². The number of likely N-dealkylation sites (N-methyl/N-ethyl adjacent to an activating group) is 1. The van der Waals surface area contributed by atoms with Crippen molar-refractivity contribution in [2.45, 2.75) is 19.5 Å². The second-order valence-corrected chi connectivity index (χ2v) is 6.35. The van der Waals surface area contributed by atoms with E-state index >= 15 is 0 Å². The van der Waals surface area contributed by atoms with Crippen molar-refractivity contribution in [1.82, 2.24) is 20.3 Å². The molecule has 0 unspecified atom stereocenters. The van der Waals surface area contributed by atoms with Gasteiger partial charge in [-0.25, -0.2) is 4.79 Å². The average Bonchev–Trinajstić information content (AvgIpc) is 3.07. The third-order valence-corrected chi connectivity index (χ3v) is 4.59. The minimum atomic E-state index is -0.479. The number of halogens is 1. The van der Waals surface area contributed by atoms with Crippen molar-refractivity contribution in [2.24, 2.45) is 0 Å². The highest BCUT2D eigenvalue weighted by molar-refractivity contribution is 6.33. The molecule has 1 aromatic carbocycles. The molecule has 0 radical (unpaired) electrons. The van der Waals surface area contributed by atoms with Gasteiger partial charge in [0.25, 0.3) is 0 Å². The van der Waals surface area contributed by atoms with Gasteiger partial charge < -0.3 is 19.6 Å². The molecule has 25 heavy (non-hydrogen) atoms. The lowest BCUT2D eigenvalue weighted by molar-refractivity contribution is -0.137. The van der Waals surface area contributed by atoms with Crippen molar-refractivity contribution >= 4 is 23.5 Å². The highest BCUT2D eigenvalue weighted by Gasteiger charge is 2.32. The van der Waals surface area contributed by atoms with Gasteiger partial charge in [-0.05, 0) is 13.0 Å². The maximum atomic E-state index is 12.3. The van der Waals surface area contributed by atoms with Crippen LogP contribution in [0.25, 0.3) is 11.3 Å². The molecule has 1 aliphatic heterocycles. The maximum Gasteiger partial charge on any atom is 0.318 e. The molecule has 1 N–H and O–H groups in total. The zero-order valence-corrected chi connectivity index (χ0v) is 14.8. The van der Waals surface area contributed by atoms with Gasteiger partial charge in [0.05, 0.1) is 11.6 Å². The van der Waals surface area contributed by atoms with Crippen LogP contribution in [-0.4, -0.2) is 53.1 Å². The van der Waals surface area contributed by atoms with Crippen LogP contribution in [0.2, 0.25) is 5.02 Å². The van der Waals surface area contributed by atoms with Gasteiger partial charge in [0.2, 0.25) is 5.91 Å². The number of amides is 3. The van der Waals surface area contributed by atoms with Crippen LogP contribution in [0.1, 0.15) is 12.7 Å². The van der Waals surface area contributed by atoms with E-state index in [4.69, 9.17) is 16.1 Å². The van der Waals surface area contributed by atoms with E-state index in [-0.39, 0.29) is 18.5 Å². The Hall–Kier alpha value is -2.54. The molecule has 3 amide bonds. The number of nitrogens with one attached hydrogen (secondary N) is 1. The topological polar surface area (TPSA) is 78.7 Å². The summed E-state index contributed by atoms with van der Waals surface area (Å²) in [4.78, 5) is 27.4. The number of hydrogen-bond acceptors (Lipinski definition) is 4. The number of urea groups is 1. The lowest BCUT2D eigenvalue weighted by atomic mass is 10.1. The van der Waals surface area contributed by atoms with Crippen LogP contribution >= 0.6 is 11.6 Å². The Morgan fingerprint density at radius 3 is 2.92 bits per heavy atom. The molecule has 1 aliphatic rings. The lowest BCUT2D eigenvalue weighted by Crippen LogP contribution is -2.58. The summed E-state index contributed by atoms with van der Waals surface area (Å²) >= 11 is 6.14. The number of carbonyl (C=O) groups excluding carboxylic acids is 2. The predicted octanol–water partition coefficient (Wildman–Crippen LogP) is 2.37. The third kappa shape index (κ3) is 3.61. The molecule has 1 aromatic heterocycles. The van der Waals surface area contributed by atoms with Crippen LogP contribution in [0.4, 0.5) is 4.79 Å².